The molecule has 9 heavy (non-hydrogen) atoms. The molecule has 0 aliphatic rings. The molecular weight excluding hydrogens is 110 g/mol. The zero-order chi connectivity index (χ0) is 7.11. The minimum absolute atomic E-state index is 1.00. The van der Waals surface area contributed by atoms with E-state index in [2.05, 4.69) is 17.3 Å². The molecule has 0 bridgehead atoms. The molecule has 0 aromatic rings. The van der Waals surface area contributed by atoms with Gasteiger partial charge >= 0.3 is 0 Å². The summed E-state index contributed by atoms with van der Waals surface area (Å²) < 4.78 is 0. The Hall–Kier alpha value is -1.07. The van der Waals surface area contributed by atoms with Gasteiger partial charge in [-0.1, -0.05) is 12.7 Å². The lowest BCUT2D eigenvalue weighted by Gasteiger charge is -1.82. The maximum Gasteiger partial charge on any atom is 0.0347 e. The van der Waals surface area contributed by atoms with Gasteiger partial charge in [-0.3, -0.25) is 4.99 Å². The highest BCUT2D eigenvalue weighted by molar-refractivity contribution is 5.71. The van der Waals surface area contributed by atoms with Gasteiger partial charge in [-0.15, -0.1) is 5.73 Å². The van der Waals surface area contributed by atoms with Crippen LogP contribution in [0.2, 0.25) is 0 Å². The van der Waals surface area contributed by atoms with Gasteiger partial charge in [0.1, 0.15) is 0 Å². The zero-order valence-corrected chi connectivity index (χ0v) is 5.89. The normalized spacial score (nSPS) is 11.6. The zero-order valence-electron chi connectivity index (χ0n) is 5.89. The van der Waals surface area contributed by atoms with Gasteiger partial charge in [0.05, 0.1) is 0 Å². The van der Waals surface area contributed by atoms with Crippen LogP contribution < -0.4 is 0 Å². The van der Waals surface area contributed by atoms with Crippen LogP contribution in [-0.4, -0.2) is 6.21 Å². The fourth-order valence-electron chi connectivity index (χ4n) is 0.282. The van der Waals surface area contributed by atoms with Gasteiger partial charge < -0.3 is 0 Å². The van der Waals surface area contributed by atoms with Crippen molar-refractivity contribution in [3.63, 3.8) is 0 Å². The minimum atomic E-state index is 1.00. The summed E-state index contributed by atoms with van der Waals surface area (Å²) in [6.07, 6.45) is 5.28. The first-order chi connectivity index (χ1) is 4.31. The first-order valence-corrected chi connectivity index (χ1v) is 2.82. The number of hydrogen-bond donors (Lipinski definition) is 0. The van der Waals surface area contributed by atoms with Crippen molar-refractivity contribution in [2.24, 2.45) is 4.99 Å². The van der Waals surface area contributed by atoms with Gasteiger partial charge in [0, 0.05) is 11.9 Å². The molecular formula is C8H11N. The smallest absolute Gasteiger partial charge is 0.0347 e. The van der Waals surface area contributed by atoms with Crippen molar-refractivity contribution in [2.75, 3.05) is 0 Å². The van der Waals surface area contributed by atoms with Crippen molar-refractivity contribution >= 4 is 6.21 Å². The lowest BCUT2D eigenvalue weighted by Crippen LogP contribution is -1.66. The van der Waals surface area contributed by atoms with Crippen LogP contribution in [0.25, 0.3) is 0 Å². The van der Waals surface area contributed by atoms with E-state index in [1.54, 1.807) is 12.3 Å². The number of nitrogens with zero attached hydrogens (tertiary/aromatic N) is 1. The van der Waals surface area contributed by atoms with Crippen molar-refractivity contribution in [3.8, 4) is 0 Å². The maximum absolute atomic E-state index is 4.01. The van der Waals surface area contributed by atoms with E-state index in [9.17, 15) is 0 Å². The van der Waals surface area contributed by atoms with Crippen LogP contribution in [0.1, 0.15) is 13.8 Å². The molecule has 0 saturated carbocycles. The van der Waals surface area contributed by atoms with E-state index in [1.807, 2.05) is 19.9 Å². The maximum atomic E-state index is 4.01. The lowest BCUT2D eigenvalue weighted by atomic mass is 10.5. The lowest BCUT2D eigenvalue weighted by molar-refractivity contribution is 1.30. The molecule has 0 fully saturated rings. The van der Waals surface area contributed by atoms with Gasteiger partial charge in [-0.25, -0.2) is 0 Å². The summed E-state index contributed by atoms with van der Waals surface area (Å²) in [4.78, 5) is 4.01. The second kappa shape index (κ2) is 5.07. The first-order valence-electron chi connectivity index (χ1n) is 2.82. The molecule has 48 valence electrons. The van der Waals surface area contributed by atoms with Crippen molar-refractivity contribution in [2.45, 2.75) is 13.8 Å². The molecule has 0 atom stereocenters. The molecule has 0 unspecified atom stereocenters. The average molecular weight is 121 g/mol. The second-order valence-electron chi connectivity index (χ2n) is 1.58. The minimum Gasteiger partial charge on any atom is -0.261 e. The van der Waals surface area contributed by atoms with E-state index in [0.29, 0.717) is 0 Å². The third-order valence-electron chi connectivity index (χ3n) is 0.888. The van der Waals surface area contributed by atoms with Crippen LogP contribution in [-0.2, 0) is 0 Å². The molecule has 1 nitrogen and oxygen atoms in total. The Balaban J connectivity index is 3.85. The molecule has 0 saturated heterocycles. The molecule has 1 heteroatoms. The largest absolute Gasteiger partial charge is 0.261 e. The third kappa shape index (κ3) is 4.79. The molecule has 0 aliphatic heterocycles. The quantitative estimate of drug-likeness (QED) is 0.392. The molecule has 0 aromatic heterocycles. The molecule has 0 radical (unpaired) electrons. The summed E-state index contributed by atoms with van der Waals surface area (Å²) in [5, 5.41) is 0. The highest BCUT2D eigenvalue weighted by Gasteiger charge is 1.72. The van der Waals surface area contributed by atoms with Gasteiger partial charge in [0.15, 0.2) is 0 Å². The SMILES string of the molecule is C=C=CC=N/C(C)=C\C. The number of rotatable bonds is 2. The Morgan fingerprint density at radius 2 is 2.33 bits per heavy atom. The summed E-state index contributed by atoms with van der Waals surface area (Å²) in [6, 6.07) is 0. The summed E-state index contributed by atoms with van der Waals surface area (Å²) >= 11 is 0. The van der Waals surface area contributed by atoms with Gasteiger partial charge in [0.25, 0.3) is 0 Å². The second-order valence-corrected chi connectivity index (χ2v) is 1.58. The monoisotopic (exact) mass is 121 g/mol. The average Bonchev–Trinajstić information content (AvgIpc) is 1.89. The summed E-state index contributed by atoms with van der Waals surface area (Å²) in [5.74, 6) is 0. The van der Waals surface area contributed by atoms with Crippen molar-refractivity contribution in [1.29, 1.82) is 0 Å². The molecule has 0 heterocycles. The molecule has 0 aliphatic carbocycles. The standard InChI is InChI=1S/C8H11N/c1-4-6-7-9-8(3)5-2/h5-7H,1H2,2-3H3/b8-5-,9-7?. The van der Waals surface area contributed by atoms with E-state index in [1.165, 1.54) is 0 Å². The summed E-state index contributed by atoms with van der Waals surface area (Å²) in [6.45, 7) is 7.28. The van der Waals surface area contributed by atoms with E-state index in [4.69, 9.17) is 0 Å². The van der Waals surface area contributed by atoms with Crippen LogP contribution in [0.4, 0.5) is 0 Å². The van der Waals surface area contributed by atoms with Crippen LogP contribution >= 0.6 is 0 Å². The van der Waals surface area contributed by atoms with E-state index < -0.39 is 0 Å². The highest BCUT2D eigenvalue weighted by atomic mass is 14.7. The van der Waals surface area contributed by atoms with Crippen molar-refractivity contribution < 1.29 is 0 Å². The Morgan fingerprint density at radius 1 is 1.67 bits per heavy atom. The Morgan fingerprint density at radius 3 is 2.78 bits per heavy atom. The fourth-order valence-corrected chi connectivity index (χ4v) is 0.282. The summed E-state index contributed by atoms with van der Waals surface area (Å²) in [5.41, 5.74) is 3.60. The molecule has 0 spiro atoms. The first kappa shape index (κ1) is 7.93. The van der Waals surface area contributed by atoms with Gasteiger partial charge in [-0.2, -0.15) is 0 Å². The van der Waals surface area contributed by atoms with E-state index >= 15 is 0 Å². The fraction of sp³-hybridized carbons (Fsp3) is 0.250. The molecule has 0 rings (SSSR count). The Bertz CT molecular complexity index is 169. The van der Waals surface area contributed by atoms with Crippen molar-refractivity contribution in [3.05, 3.63) is 30.2 Å². The number of aliphatic imine (C=N–C) groups is 1. The summed E-state index contributed by atoms with van der Waals surface area (Å²) in [7, 11) is 0. The predicted molar refractivity (Wildman–Crippen MR) is 41.6 cm³/mol. The molecule has 0 N–H and O–H groups in total. The topological polar surface area (TPSA) is 12.4 Å². The Kier molecular flexibility index (Phi) is 4.47. The number of allylic oxidation sites excluding steroid dienone is 3. The van der Waals surface area contributed by atoms with E-state index in [-0.39, 0.29) is 0 Å². The van der Waals surface area contributed by atoms with Crippen LogP contribution in [0.5, 0.6) is 0 Å². The Labute approximate surface area is 56.1 Å². The predicted octanol–water partition coefficient (Wildman–Crippen LogP) is 2.32. The highest BCUT2D eigenvalue weighted by Crippen LogP contribution is 1.89. The van der Waals surface area contributed by atoms with Crippen LogP contribution in [0.3, 0.4) is 0 Å². The third-order valence-corrected chi connectivity index (χ3v) is 0.888. The number of hydrogen-bond acceptors (Lipinski definition) is 1. The van der Waals surface area contributed by atoms with Crippen molar-refractivity contribution in [1.82, 2.24) is 0 Å². The van der Waals surface area contributed by atoms with Crippen LogP contribution in [0.15, 0.2) is 35.2 Å². The molecule has 0 amide bonds. The van der Waals surface area contributed by atoms with Gasteiger partial charge in [0.2, 0.25) is 0 Å². The van der Waals surface area contributed by atoms with Crippen LogP contribution in [0, 0.1) is 0 Å². The van der Waals surface area contributed by atoms with Gasteiger partial charge in [-0.05, 0) is 19.9 Å². The molecule has 0 aromatic carbocycles. The van der Waals surface area contributed by atoms with E-state index in [0.717, 1.165) is 5.70 Å².